The van der Waals surface area contributed by atoms with Gasteiger partial charge in [-0.1, -0.05) is 12.1 Å². The number of aliphatic hydroxyl groups excluding tert-OH is 3. The maximum absolute atomic E-state index is 11.4. The lowest BCUT2D eigenvalue weighted by Crippen LogP contribution is -2.33. The number of anilines is 2. The SMILES string of the molecule is Nc1ncnc2c1nc(NCCc1ccc(S(N)(=O)=O)cc1)n2[C@@H]1O[C@H](CO)C(O)C1O. The van der Waals surface area contributed by atoms with Gasteiger partial charge in [-0.25, -0.2) is 28.5 Å². The van der Waals surface area contributed by atoms with E-state index in [1.54, 1.807) is 12.1 Å². The fourth-order valence-electron chi connectivity index (χ4n) is 3.55. The van der Waals surface area contributed by atoms with Gasteiger partial charge in [-0.15, -0.1) is 0 Å². The predicted molar refractivity (Wildman–Crippen MR) is 113 cm³/mol. The van der Waals surface area contributed by atoms with Crippen LogP contribution in [-0.4, -0.2) is 74.7 Å². The number of nitrogens with two attached hydrogens (primary N) is 2. The Labute approximate surface area is 182 Å². The van der Waals surface area contributed by atoms with Gasteiger partial charge in [0.15, 0.2) is 23.2 Å². The molecular formula is C18H23N7O6S. The predicted octanol–water partition coefficient (Wildman–Crippen LogP) is -1.68. The summed E-state index contributed by atoms with van der Waals surface area (Å²) in [5, 5.41) is 38.3. The zero-order valence-corrected chi connectivity index (χ0v) is 17.6. The number of rotatable bonds is 7. The highest BCUT2D eigenvalue weighted by Gasteiger charge is 2.45. The van der Waals surface area contributed by atoms with Crippen molar-refractivity contribution in [3.63, 3.8) is 0 Å². The van der Waals surface area contributed by atoms with Gasteiger partial charge in [0.2, 0.25) is 16.0 Å². The molecule has 0 saturated carbocycles. The summed E-state index contributed by atoms with van der Waals surface area (Å²) in [5.74, 6) is 0.394. The highest BCUT2D eigenvalue weighted by molar-refractivity contribution is 7.89. The average molecular weight is 465 g/mol. The first-order valence-corrected chi connectivity index (χ1v) is 11.2. The number of nitrogens with one attached hydrogen (secondary N) is 1. The maximum atomic E-state index is 11.4. The van der Waals surface area contributed by atoms with Crippen molar-refractivity contribution in [1.82, 2.24) is 19.5 Å². The molecule has 3 heterocycles. The third kappa shape index (κ3) is 4.11. The Hall–Kier alpha value is -2.88. The fraction of sp³-hybridized carbons (Fsp3) is 0.389. The van der Waals surface area contributed by atoms with Crippen molar-refractivity contribution >= 4 is 33.0 Å². The second-order valence-corrected chi connectivity index (χ2v) is 8.89. The van der Waals surface area contributed by atoms with Gasteiger partial charge in [-0.05, 0) is 24.1 Å². The molecule has 13 nitrogen and oxygen atoms in total. The second-order valence-electron chi connectivity index (χ2n) is 7.33. The minimum absolute atomic E-state index is 0.0226. The van der Waals surface area contributed by atoms with E-state index >= 15 is 0 Å². The Morgan fingerprint density at radius 2 is 1.88 bits per heavy atom. The van der Waals surface area contributed by atoms with Gasteiger partial charge in [-0.2, -0.15) is 0 Å². The molecule has 0 amide bonds. The number of ether oxygens (including phenoxy) is 1. The van der Waals surface area contributed by atoms with Gasteiger partial charge in [0.05, 0.1) is 11.5 Å². The van der Waals surface area contributed by atoms with Gasteiger partial charge >= 0.3 is 0 Å². The molecule has 0 bridgehead atoms. The highest BCUT2D eigenvalue weighted by atomic mass is 32.2. The molecule has 8 N–H and O–H groups in total. The van der Waals surface area contributed by atoms with Crippen LogP contribution in [0, 0.1) is 0 Å². The number of hydrogen-bond donors (Lipinski definition) is 6. The van der Waals surface area contributed by atoms with Crippen molar-refractivity contribution in [1.29, 1.82) is 0 Å². The van der Waals surface area contributed by atoms with Crippen molar-refractivity contribution in [3.05, 3.63) is 36.2 Å². The molecule has 2 unspecified atom stereocenters. The minimum atomic E-state index is -3.76. The van der Waals surface area contributed by atoms with E-state index in [1.807, 2.05) is 0 Å². The number of primary sulfonamides is 1. The van der Waals surface area contributed by atoms with Gasteiger partial charge in [0, 0.05) is 6.54 Å². The van der Waals surface area contributed by atoms with Crippen LogP contribution in [-0.2, 0) is 21.2 Å². The number of aliphatic hydroxyl groups is 3. The molecule has 0 aliphatic carbocycles. The van der Waals surface area contributed by atoms with E-state index in [2.05, 4.69) is 20.3 Å². The Morgan fingerprint density at radius 3 is 2.50 bits per heavy atom. The van der Waals surface area contributed by atoms with Crippen LogP contribution in [0.5, 0.6) is 0 Å². The Morgan fingerprint density at radius 1 is 1.16 bits per heavy atom. The summed E-state index contributed by atoms with van der Waals surface area (Å²) in [6.45, 7) is -0.101. The van der Waals surface area contributed by atoms with Crippen molar-refractivity contribution in [2.45, 2.75) is 35.9 Å². The molecule has 1 aliphatic rings. The number of aromatic nitrogens is 4. The van der Waals surface area contributed by atoms with Crippen LogP contribution in [0.2, 0.25) is 0 Å². The zero-order valence-electron chi connectivity index (χ0n) is 16.7. The van der Waals surface area contributed by atoms with Crippen LogP contribution in [0.25, 0.3) is 11.2 Å². The number of nitrogen functional groups attached to an aromatic ring is 1. The normalized spacial score (nSPS) is 23.6. The molecule has 32 heavy (non-hydrogen) atoms. The Kier molecular flexibility index (Phi) is 5.98. The van der Waals surface area contributed by atoms with E-state index in [4.69, 9.17) is 15.6 Å². The summed E-state index contributed by atoms with van der Waals surface area (Å²) < 4.78 is 29.9. The number of benzene rings is 1. The summed E-state index contributed by atoms with van der Waals surface area (Å²) >= 11 is 0. The zero-order chi connectivity index (χ0) is 23.0. The lowest BCUT2D eigenvalue weighted by Gasteiger charge is -2.19. The third-order valence-electron chi connectivity index (χ3n) is 5.23. The molecule has 1 saturated heterocycles. The largest absolute Gasteiger partial charge is 0.394 e. The first-order valence-electron chi connectivity index (χ1n) is 9.67. The molecule has 2 aromatic heterocycles. The smallest absolute Gasteiger partial charge is 0.238 e. The molecule has 1 aromatic carbocycles. The van der Waals surface area contributed by atoms with Crippen molar-refractivity contribution < 1.29 is 28.5 Å². The average Bonchev–Trinajstić information content (AvgIpc) is 3.26. The van der Waals surface area contributed by atoms with Crippen LogP contribution in [0.4, 0.5) is 11.8 Å². The van der Waals surface area contributed by atoms with Gasteiger partial charge in [-0.3, -0.25) is 4.57 Å². The number of hydrogen-bond acceptors (Lipinski definition) is 11. The topological polar surface area (TPSA) is 212 Å². The van der Waals surface area contributed by atoms with Crippen molar-refractivity contribution in [2.75, 3.05) is 24.2 Å². The summed E-state index contributed by atoms with van der Waals surface area (Å²) in [5.41, 5.74) is 7.33. The molecule has 172 valence electrons. The molecule has 3 aromatic rings. The van der Waals surface area contributed by atoms with Crippen molar-refractivity contribution in [3.8, 4) is 0 Å². The van der Waals surface area contributed by atoms with Gasteiger partial charge in [0.25, 0.3) is 0 Å². The molecule has 4 atom stereocenters. The molecule has 0 spiro atoms. The first kappa shape index (κ1) is 22.3. The number of sulfonamides is 1. The van der Waals surface area contributed by atoms with Crippen molar-refractivity contribution in [2.24, 2.45) is 5.14 Å². The summed E-state index contributed by atoms with van der Waals surface area (Å²) in [6.07, 6.45) is -2.94. The summed E-state index contributed by atoms with van der Waals surface area (Å²) in [4.78, 5) is 12.5. The van der Waals surface area contributed by atoms with Gasteiger partial charge < -0.3 is 31.1 Å². The highest BCUT2D eigenvalue weighted by Crippen LogP contribution is 2.35. The van der Waals surface area contributed by atoms with Crippen LogP contribution in [0.1, 0.15) is 11.8 Å². The lowest BCUT2D eigenvalue weighted by molar-refractivity contribution is -0.0501. The van der Waals surface area contributed by atoms with E-state index in [9.17, 15) is 23.7 Å². The van der Waals surface area contributed by atoms with E-state index < -0.39 is 41.2 Å². The van der Waals surface area contributed by atoms with E-state index in [1.165, 1.54) is 23.0 Å². The van der Waals surface area contributed by atoms with E-state index in [0.717, 1.165) is 5.56 Å². The molecule has 1 aliphatic heterocycles. The lowest BCUT2D eigenvalue weighted by atomic mass is 10.1. The Bertz CT molecular complexity index is 1220. The monoisotopic (exact) mass is 465 g/mol. The minimum Gasteiger partial charge on any atom is -0.394 e. The summed E-state index contributed by atoms with van der Waals surface area (Å²) in [6, 6.07) is 6.16. The van der Waals surface area contributed by atoms with Crippen LogP contribution in [0.15, 0.2) is 35.5 Å². The van der Waals surface area contributed by atoms with E-state index in [-0.39, 0.29) is 27.8 Å². The fourth-order valence-corrected chi connectivity index (χ4v) is 4.07. The molecule has 0 radical (unpaired) electrons. The van der Waals surface area contributed by atoms with Crippen LogP contribution in [0.3, 0.4) is 0 Å². The third-order valence-corrected chi connectivity index (χ3v) is 6.15. The van der Waals surface area contributed by atoms with E-state index in [0.29, 0.717) is 13.0 Å². The first-order chi connectivity index (χ1) is 15.2. The quantitative estimate of drug-likeness (QED) is 0.232. The molecular weight excluding hydrogens is 442 g/mol. The van der Waals surface area contributed by atoms with Crippen LogP contribution >= 0.6 is 0 Å². The standard InChI is InChI=1S/C18H23N7O6S/c19-15-12-16(23-8-22-15)25(17-14(28)13(27)11(7-26)31-17)18(24-12)21-6-5-9-1-3-10(4-2-9)32(20,29)30/h1-4,8,11,13-14,17,26-28H,5-7H2,(H,21,24)(H2,19,22,23)(H2,20,29,30)/t11-,13?,14?,17-/m1/s1. The molecule has 4 rings (SSSR count). The number of fused-ring (bicyclic) bond motifs is 1. The van der Waals surface area contributed by atoms with Crippen LogP contribution < -0.4 is 16.2 Å². The number of nitrogens with zero attached hydrogens (tertiary/aromatic N) is 4. The van der Waals surface area contributed by atoms with Gasteiger partial charge in [0.1, 0.15) is 24.6 Å². The molecule has 14 heteroatoms. The maximum Gasteiger partial charge on any atom is 0.238 e. The number of imidazole rings is 1. The summed E-state index contributed by atoms with van der Waals surface area (Å²) in [7, 11) is -3.76. The Balaban J connectivity index is 1.59. The second kappa shape index (κ2) is 8.57. The molecule has 1 fully saturated rings.